The van der Waals surface area contributed by atoms with Crippen molar-refractivity contribution in [3.05, 3.63) is 34.5 Å². The first-order chi connectivity index (χ1) is 9.11. The Kier molecular flexibility index (Phi) is 5.02. The van der Waals surface area contributed by atoms with E-state index in [2.05, 4.69) is 52.3 Å². The Labute approximate surface area is 123 Å². The minimum absolute atomic E-state index is 0.294. The van der Waals surface area contributed by atoms with Gasteiger partial charge in [-0.3, -0.25) is 4.90 Å². The standard InChI is InChI=1S/C15H21BrN2O/c1-11(18(3)8-4-7-17-2)15-10-12-9-13(16)5-6-14(12)19-15/h5-6,9-11,17H,4,7-8H2,1-3H3. The maximum atomic E-state index is 5.93. The van der Waals surface area contributed by atoms with Crippen molar-refractivity contribution in [2.75, 3.05) is 27.2 Å². The number of halogens is 1. The summed E-state index contributed by atoms with van der Waals surface area (Å²) in [6, 6.07) is 8.55. The third-order valence-corrected chi connectivity index (χ3v) is 4.00. The molecule has 0 aliphatic carbocycles. The van der Waals surface area contributed by atoms with Crippen LogP contribution in [0.15, 0.2) is 33.2 Å². The molecule has 3 nitrogen and oxygen atoms in total. The molecule has 104 valence electrons. The van der Waals surface area contributed by atoms with Crippen LogP contribution in [-0.2, 0) is 0 Å². The van der Waals surface area contributed by atoms with Crippen LogP contribution in [-0.4, -0.2) is 32.1 Å². The lowest BCUT2D eigenvalue weighted by atomic mass is 10.2. The summed E-state index contributed by atoms with van der Waals surface area (Å²) in [5, 5.41) is 4.33. The van der Waals surface area contributed by atoms with E-state index in [0.717, 1.165) is 40.7 Å². The number of nitrogens with one attached hydrogen (secondary N) is 1. The molecule has 4 heteroatoms. The zero-order valence-corrected chi connectivity index (χ0v) is 13.3. The highest BCUT2D eigenvalue weighted by molar-refractivity contribution is 9.10. The minimum atomic E-state index is 0.294. The van der Waals surface area contributed by atoms with Crippen LogP contribution in [0.4, 0.5) is 0 Å². The van der Waals surface area contributed by atoms with E-state index < -0.39 is 0 Å². The van der Waals surface area contributed by atoms with Crippen LogP contribution in [0.3, 0.4) is 0 Å². The first kappa shape index (κ1) is 14.6. The number of furan rings is 1. The van der Waals surface area contributed by atoms with E-state index in [1.165, 1.54) is 0 Å². The molecule has 1 aromatic heterocycles. The van der Waals surface area contributed by atoms with Gasteiger partial charge in [0.2, 0.25) is 0 Å². The summed E-state index contributed by atoms with van der Waals surface area (Å²) < 4.78 is 7.02. The van der Waals surface area contributed by atoms with Crippen LogP contribution < -0.4 is 5.32 Å². The van der Waals surface area contributed by atoms with Gasteiger partial charge < -0.3 is 9.73 Å². The van der Waals surface area contributed by atoms with E-state index in [4.69, 9.17) is 4.42 Å². The van der Waals surface area contributed by atoms with E-state index in [0.29, 0.717) is 6.04 Å². The summed E-state index contributed by atoms with van der Waals surface area (Å²) in [5.74, 6) is 1.03. The molecule has 0 saturated heterocycles. The number of benzene rings is 1. The van der Waals surface area contributed by atoms with Crippen molar-refractivity contribution < 1.29 is 4.42 Å². The second-order valence-electron chi connectivity index (χ2n) is 4.94. The molecule has 0 fully saturated rings. The molecule has 0 spiro atoms. The van der Waals surface area contributed by atoms with Crippen molar-refractivity contribution in [2.45, 2.75) is 19.4 Å². The van der Waals surface area contributed by atoms with Gasteiger partial charge in [-0.1, -0.05) is 15.9 Å². The van der Waals surface area contributed by atoms with Crippen molar-refractivity contribution in [3.8, 4) is 0 Å². The minimum Gasteiger partial charge on any atom is -0.459 e. The molecule has 0 aliphatic heterocycles. The highest BCUT2D eigenvalue weighted by Gasteiger charge is 2.15. The maximum Gasteiger partial charge on any atom is 0.134 e. The van der Waals surface area contributed by atoms with Crippen LogP contribution in [0, 0.1) is 0 Å². The van der Waals surface area contributed by atoms with Gasteiger partial charge in [-0.05, 0) is 64.8 Å². The number of hydrogen-bond acceptors (Lipinski definition) is 3. The molecule has 19 heavy (non-hydrogen) atoms. The summed E-state index contributed by atoms with van der Waals surface area (Å²) in [6.07, 6.45) is 1.14. The Morgan fingerprint density at radius 2 is 2.16 bits per heavy atom. The molecule has 1 unspecified atom stereocenters. The first-order valence-corrected chi connectivity index (χ1v) is 7.45. The molecule has 1 N–H and O–H groups in total. The van der Waals surface area contributed by atoms with E-state index in [9.17, 15) is 0 Å². The Morgan fingerprint density at radius 1 is 1.37 bits per heavy atom. The lowest BCUT2D eigenvalue weighted by Gasteiger charge is -2.22. The quantitative estimate of drug-likeness (QED) is 0.819. The normalized spacial score (nSPS) is 13.3. The SMILES string of the molecule is CNCCCN(C)C(C)c1cc2cc(Br)ccc2o1. The topological polar surface area (TPSA) is 28.4 Å². The van der Waals surface area contributed by atoms with Gasteiger partial charge in [-0.2, -0.15) is 0 Å². The van der Waals surface area contributed by atoms with Gasteiger partial charge in [0.15, 0.2) is 0 Å². The highest BCUT2D eigenvalue weighted by Crippen LogP contribution is 2.28. The molecule has 0 saturated carbocycles. The predicted molar refractivity (Wildman–Crippen MR) is 83.5 cm³/mol. The first-order valence-electron chi connectivity index (χ1n) is 6.65. The van der Waals surface area contributed by atoms with E-state index in [1.807, 2.05) is 19.2 Å². The third-order valence-electron chi connectivity index (χ3n) is 3.51. The van der Waals surface area contributed by atoms with Crippen molar-refractivity contribution >= 4 is 26.9 Å². The molecule has 1 atom stereocenters. The summed E-state index contributed by atoms with van der Waals surface area (Å²) in [4.78, 5) is 2.32. The Hall–Kier alpha value is -0.840. The summed E-state index contributed by atoms with van der Waals surface area (Å²) in [7, 11) is 4.13. The molecule has 0 amide bonds. The molecular weight excluding hydrogens is 304 g/mol. The van der Waals surface area contributed by atoms with Crippen LogP contribution in [0.2, 0.25) is 0 Å². The van der Waals surface area contributed by atoms with Gasteiger partial charge in [0.1, 0.15) is 11.3 Å². The van der Waals surface area contributed by atoms with Crippen LogP contribution in [0.1, 0.15) is 25.1 Å². The second-order valence-corrected chi connectivity index (χ2v) is 5.86. The molecule has 0 aliphatic rings. The molecule has 0 bridgehead atoms. The van der Waals surface area contributed by atoms with Gasteiger partial charge in [0.05, 0.1) is 6.04 Å². The van der Waals surface area contributed by atoms with Crippen LogP contribution >= 0.6 is 15.9 Å². The largest absolute Gasteiger partial charge is 0.459 e. The fourth-order valence-corrected chi connectivity index (χ4v) is 2.54. The molecule has 2 rings (SSSR count). The number of nitrogens with zero attached hydrogens (tertiary/aromatic N) is 1. The molecule has 1 heterocycles. The smallest absolute Gasteiger partial charge is 0.134 e. The molecule has 2 aromatic rings. The maximum absolute atomic E-state index is 5.93. The van der Waals surface area contributed by atoms with Gasteiger partial charge in [-0.15, -0.1) is 0 Å². The van der Waals surface area contributed by atoms with Crippen molar-refractivity contribution in [2.24, 2.45) is 0 Å². The lowest BCUT2D eigenvalue weighted by molar-refractivity contribution is 0.231. The van der Waals surface area contributed by atoms with Gasteiger partial charge >= 0.3 is 0 Å². The van der Waals surface area contributed by atoms with Gasteiger partial charge in [-0.25, -0.2) is 0 Å². The van der Waals surface area contributed by atoms with E-state index in [1.54, 1.807) is 0 Å². The Morgan fingerprint density at radius 3 is 2.89 bits per heavy atom. The Bertz CT molecular complexity index is 538. The zero-order valence-electron chi connectivity index (χ0n) is 11.7. The van der Waals surface area contributed by atoms with Crippen LogP contribution in [0.5, 0.6) is 0 Å². The van der Waals surface area contributed by atoms with Crippen LogP contribution in [0.25, 0.3) is 11.0 Å². The van der Waals surface area contributed by atoms with Crippen molar-refractivity contribution in [1.82, 2.24) is 10.2 Å². The third kappa shape index (κ3) is 3.59. The zero-order chi connectivity index (χ0) is 13.8. The molecule has 0 radical (unpaired) electrons. The van der Waals surface area contributed by atoms with Crippen molar-refractivity contribution in [1.29, 1.82) is 0 Å². The average molecular weight is 325 g/mol. The van der Waals surface area contributed by atoms with E-state index >= 15 is 0 Å². The summed E-state index contributed by atoms with van der Waals surface area (Å²) in [5.41, 5.74) is 0.952. The van der Waals surface area contributed by atoms with Gasteiger partial charge in [0.25, 0.3) is 0 Å². The number of rotatable bonds is 6. The summed E-state index contributed by atoms with van der Waals surface area (Å²) >= 11 is 3.49. The monoisotopic (exact) mass is 324 g/mol. The highest BCUT2D eigenvalue weighted by atomic mass is 79.9. The Balaban J connectivity index is 2.10. The number of hydrogen-bond donors (Lipinski definition) is 1. The number of fused-ring (bicyclic) bond motifs is 1. The predicted octanol–water partition coefficient (Wildman–Crippen LogP) is 3.80. The molecule has 1 aromatic carbocycles. The fourth-order valence-electron chi connectivity index (χ4n) is 2.16. The summed E-state index contributed by atoms with van der Waals surface area (Å²) in [6.45, 7) is 4.29. The van der Waals surface area contributed by atoms with E-state index in [-0.39, 0.29) is 0 Å². The fraction of sp³-hybridized carbons (Fsp3) is 0.467. The average Bonchev–Trinajstić information content (AvgIpc) is 2.80. The molecular formula is C15H21BrN2O. The lowest BCUT2D eigenvalue weighted by Crippen LogP contribution is -2.25. The van der Waals surface area contributed by atoms with Crippen molar-refractivity contribution in [3.63, 3.8) is 0 Å². The van der Waals surface area contributed by atoms with Gasteiger partial charge in [0, 0.05) is 9.86 Å². The second kappa shape index (κ2) is 6.55.